The van der Waals surface area contributed by atoms with Gasteiger partial charge in [0.15, 0.2) is 0 Å². The topological polar surface area (TPSA) is 81.2 Å². The third-order valence-electron chi connectivity index (χ3n) is 7.66. The number of fused-ring (bicyclic) bond motifs is 1. The first-order chi connectivity index (χ1) is 19.0. The van der Waals surface area contributed by atoms with Gasteiger partial charge in [0.05, 0.1) is 11.6 Å². The Kier molecular flexibility index (Phi) is 8.16. The molecule has 2 amide bonds. The van der Waals surface area contributed by atoms with Crippen molar-refractivity contribution >= 4 is 45.0 Å². The van der Waals surface area contributed by atoms with Crippen LogP contribution in [0.1, 0.15) is 38.7 Å². The second-order valence-electron chi connectivity index (χ2n) is 10.6. The summed E-state index contributed by atoms with van der Waals surface area (Å²) in [4.78, 5) is 32.7. The lowest BCUT2D eigenvalue weighted by atomic mass is 9.98. The van der Waals surface area contributed by atoms with Crippen LogP contribution in [0.3, 0.4) is 0 Å². The number of hydrogen-bond acceptors (Lipinski definition) is 5. The lowest BCUT2D eigenvalue weighted by Crippen LogP contribution is -2.68. The fourth-order valence-electron chi connectivity index (χ4n) is 5.58. The van der Waals surface area contributed by atoms with Gasteiger partial charge < -0.3 is 4.90 Å². The van der Waals surface area contributed by atoms with Gasteiger partial charge in [0, 0.05) is 23.7 Å². The Bertz CT molecular complexity index is 1440. The number of hydrogen-bond donors (Lipinski definition) is 0. The highest BCUT2D eigenvalue weighted by Gasteiger charge is 2.51. The number of likely N-dealkylation sites (tertiary alicyclic amines) is 1. The van der Waals surface area contributed by atoms with Crippen LogP contribution in [0.25, 0.3) is 0 Å². The molecule has 2 aromatic rings. The van der Waals surface area contributed by atoms with E-state index in [9.17, 15) is 22.4 Å². The quantitative estimate of drug-likeness (QED) is 0.483. The minimum atomic E-state index is -4.28. The Morgan fingerprint density at radius 2 is 1.65 bits per heavy atom. The van der Waals surface area contributed by atoms with Crippen molar-refractivity contribution in [3.8, 4) is 0 Å². The van der Waals surface area contributed by atoms with E-state index in [0.29, 0.717) is 23.7 Å². The normalized spacial score (nSPS) is 22.6. The summed E-state index contributed by atoms with van der Waals surface area (Å²) in [6.45, 7) is 4.80. The van der Waals surface area contributed by atoms with Gasteiger partial charge in [0.2, 0.25) is 11.8 Å². The molecule has 8 nitrogen and oxygen atoms in total. The van der Waals surface area contributed by atoms with E-state index in [0.717, 1.165) is 19.3 Å². The second kappa shape index (κ2) is 11.3. The van der Waals surface area contributed by atoms with Crippen molar-refractivity contribution in [2.75, 3.05) is 19.6 Å². The average molecular weight is 610 g/mol. The molecule has 2 unspecified atom stereocenters. The van der Waals surface area contributed by atoms with Crippen molar-refractivity contribution in [1.82, 2.24) is 19.0 Å². The number of nitrogens with zero attached hydrogens (tertiary/aromatic N) is 4. The smallest absolute Gasteiger partial charge is 0.267 e. The number of carbonyl (C=O) groups is 2. The first-order valence-corrected chi connectivity index (χ1v) is 15.5. The zero-order chi connectivity index (χ0) is 28.8. The summed E-state index contributed by atoms with van der Waals surface area (Å²) in [5, 5.41) is 0.250. The summed E-state index contributed by atoms with van der Waals surface area (Å²) in [5.41, 5.74) is 0.646. The molecular weight excluding hydrogens is 578 g/mol. The fraction of sp³-hybridized carbons (Fsp3) is 0.429. The molecular formula is C28H31Cl2FN4O4S. The molecule has 0 N–H and O–H groups in total. The monoisotopic (exact) mass is 608 g/mol. The molecule has 3 aliphatic heterocycles. The Morgan fingerprint density at radius 1 is 0.975 bits per heavy atom. The van der Waals surface area contributed by atoms with E-state index in [1.54, 1.807) is 12.1 Å². The molecule has 12 heteroatoms. The predicted molar refractivity (Wildman–Crippen MR) is 150 cm³/mol. The van der Waals surface area contributed by atoms with E-state index >= 15 is 0 Å². The van der Waals surface area contributed by atoms with Crippen LogP contribution in [0.2, 0.25) is 10.0 Å². The van der Waals surface area contributed by atoms with Gasteiger partial charge in [-0.05, 0) is 75.7 Å². The number of rotatable bonds is 6. The van der Waals surface area contributed by atoms with Crippen LogP contribution >= 0.6 is 23.2 Å². The SMILES string of the molecule is CC(C)N1C=C2N(C(=O)C(N3CCCCC3)CN2S(=O)(=O)c2ccc(Cl)cc2Cl)C(Cc2ccc(F)cc2)C1=O. The zero-order valence-electron chi connectivity index (χ0n) is 22.3. The van der Waals surface area contributed by atoms with E-state index in [1.807, 2.05) is 18.7 Å². The summed E-state index contributed by atoms with van der Waals surface area (Å²) >= 11 is 12.4. The fourth-order valence-corrected chi connectivity index (χ4v) is 7.79. The van der Waals surface area contributed by atoms with E-state index in [2.05, 4.69) is 0 Å². The van der Waals surface area contributed by atoms with Crippen molar-refractivity contribution in [3.05, 3.63) is 75.9 Å². The van der Waals surface area contributed by atoms with Gasteiger partial charge in [-0.15, -0.1) is 0 Å². The van der Waals surface area contributed by atoms with Gasteiger partial charge in [0.1, 0.15) is 28.6 Å². The van der Waals surface area contributed by atoms with Gasteiger partial charge in [0.25, 0.3) is 10.0 Å². The molecule has 2 aromatic carbocycles. The maximum atomic E-state index is 14.2. The molecule has 0 bridgehead atoms. The highest BCUT2D eigenvalue weighted by molar-refractivity contribution is 7.89. The van der Waals surface area contributed by atoms with Crippen molar-refractivity contribution < 1.29 is 22.4 Å². The molecule has 0 aliphatic carbocycles. The van der Waals surface area contributed by atoms with Crippen LogP contribution in [-0.2, 0) is 26.0 Å². The largest absolute Gasteiger partial charge is 0.311 e. The van der Waals surface area contributed by atoms with Crippen LogP contribution in [0.5, 0.6) is 0 Å². The predicted octanol–water partition coefficient (Wildman–Crippen LogP) is 4.48. The molecule has 2 saturated heterocycles. The van der Waals surface area contributed by atoms with E-state index in [-0.39, 0.29) is 46.6 Å². The molecule has 2 atom stereocenters. The zero-order valence-corrected chi connectivity index (χ0v) is 24.6. The average Bonchev–Trinajstić information content (AvgIpc) is 2.91. The van der Waals surface area contributed by atoms with Crippen LogP contribution in [0.15, 0.2) is 59.4 Å². The Balaban J connectivity index is 1.66. The molecule has 0 spiro atoms. The summed E-state index contributed by atoms with van der Waals surface area (Å²) in [7, 11) is -4.28. The molecule has 3 aliphatic rings. The van der Waals surface area contributed by atoms with Crippen LogP contribution in [-0.4, -0.2) is 77.0 Å². The summed E-state index contributed by atoms with van der Waals surface area (Å²) < 4.78 is 43.3. The minimum Gasteiger partial charge on any atom is -0.311 e. The highest BCUT2D eigenvalue weighted by Crippen LogP contribution is 2.37. The number of benzene rings is 2. The standard InChI is InChI=1S/C28H31Cl2FN4O4S/c1-18(2)33-17-26-34(40(38,39)25-11-8-20(29)15-22(25)30)16-24(32-12-4-3-5-13-32)28(37)35(26)23(27(33)36)14-19-6-9-21(31)10-7-19/h6-11,15,17-18,23-24H,3-5,12-14,16H2,1-2H3. The van der Waals surface area contributed by atoms with Gasteiger partial charge in [-0.1, -0.05) is 41.8 Å². The van der Waals surface area contributed by atoms with Crippen molar-refractivity contribution in [3.63, 3.8) is 0 Å². The van der Waals surface area contributed by atoms with Crippen molar-refractivity contribution in [1.29, 1.82) is 0 Å². The number of sulfonamides is 1. The van der Waals surface area contributed by atoms with E-state index in [4.69, 9.17) is 23.2 Å². The van der Waals surface area contributed by atoms with Crippen LogP contribution < -0.4 is 0 Å². The van der Waals surface area contributed by atoms with Crippen LogP contribution in [0, 0.1) is 5.82 Å². The lowest BCUT2D eigenvalue weighted by molar-refractivity contribution is -0.153. The van der Waals surface area contributed by atoms with Crippen LogP contribution in [0.4, 0.5) is 4.39 Å². The van der Waals surface area contributed by atoms with Crippen molar-refractivity contribution in [2.45, 2.75) is 62.6 Å². The Morgan fingerprint density at radius 3 is 2.27 bits per heavy atom. The maximum Gasteiger partial charge on any atom is 0.267 e. The molecule has 2 fully saturated rings. The summed E-state index contributed by atoms with van der Waals surface area (Å²) in [5.74, 6) is -0.993. The highest BCUT2D eigenvalue weighted by atomic mass is 35.5. The van der Waals surface area contributed by atoms with Gasteiger partial charge in [-0.25, -0.2) is 17.1 Å². The minimum absolute atomic E-state index is 0.0402. The third-order valence-corrected chi connectivity index (χ3v) is 10.1. The first-order valence-electron chi connectivity index (χ1n) is 13.3. The van der Waals surface area contributed by atoms with Crippen molar-refractivity contribution in [2.24, 2.45) is 0 Å². The number of carbonyl (C=O) groups excluding carboxylic acids is 2. The molecule has 0 saturated carbocycles. The molecule has 0 aromatic heterocycles. The Labute approximate surface area is 244 Å². The van der Waals surface area contributed by atoms with Gasteiger partial charge >= 0.3 is 0 Å². The molecule has 3 heterocycles. The van der Waals surface area contributed by atoms with E-state index in [1.165, 1.54) is 50.6 Å². The lowest BCUT2D eigenvalue weighted by Gasteiger charge is -2.51. The van der Waals surface area contributed by atoms with E-state index < -0.39 is 27.9 Å². The second-order valence-corrected chi connectivity index (χ2v) is 13.3. The summed E-state index contributed by atoms with van der Waals surface area (Å²) in [6, 6.07) is 7.78. The Hall–Kier alpha value is -2.66. The third kappa shape index (κ3) is 5.34. The number of piperidine rings is 1. The van der Waals surface area contributed by atoms with Gasteiger partial charge in [-0.2, -0.15) is 0 Å². The first kappa shape index (κ1) is 28.9. The van der Waals surface area contributed by atoms with Gasteiger partial charge in [-0.3, -0.25) is 19.4 Å². The molecule has 40 heavy (non-hydrogen) atoms. The summed E-state index contributed by atoms with van der Waals surface area (Å²) in [6.07, 6.45) is 4.35. The molecule has 214 valence electrons. The molecule has 5 rings (SSSR count). The molecule has 0 radical (unpaired) electrons. The number of amides is 2. The number of halogens is 3. The maximum absolute atomic E-state index is 14.2.